The molecule has 0 saturated carbocycles. The first kappa shape index (κ1) is 20.9. The molecule has 0 spiro atoms. The Morgan fingerprint density at radius 1 is 1.36 bits per heavy atom. The van der Waals surface area contributed by atoms with Crippen LogP contribution in [-0.4, -0.2) is 45.4 Å². The van der Waals surface area contributed by atoms with E-state index in [1.807, 2.05) is 32.6 Å². The Hall–Kier alpha value is -2.16. The van der Waals surface area contributed by atoms with Crippen LogP contribution in [0.4, 0.5) is 5.13 Å². The zero-order chi connectivity index (χ0) is 19.1. The number of aromatic nitrogens is 1. The molecule has 1 atom stereocenters. The van der Waals surface area contributed by atoms with Crippen LogP contribution in [0.25, 0.3) is 0 Å². The standard InChI is InChI=1S/C15H25N5OS.CH2O2/c1-8(2)20(9(3)4)13(21)10-6-5-7-11-12(10)18-15(22-11)19-14(16)17;2-1-3/h8-10H,5-7H2,1-4H3,(H4,16,17,18,19);1H,(H,2,3)/t10-;/m0./s1. The van der Waals surface area contributed by atoms with Crippen molar-refractivity contribution in [3.63, 3.8) is 0 Å². The van der Waals surface area contributed by atoms with Crippen molar-refractivity contribution in [1.82, 2.24) is 9.88 Å². The van der Waals surface area contributed by atoms with E-state index in [-0.39, 0.29) is 36.3 Å². The van der Waals surface area contributed by atoms with E-state index in [0.29, 0.717) is 5.13 Å². The van der Waals surface area contributed by atoms with Gasteiger partial charge in [-0.25, -0.2) is 4.98 Å². The zero-order valence-electron chi connectivity index (χ0n) is 15.1. The topological polar surface area (TPSA) is 135 Å². The number of nitrogens with zero attached hydrogens (tertiary/aromatic N) is 3. The lowest BCUT2D eigenvalue weighted by Gasteiger charge is -2.34. The monoisotopic (exact) mass is 369 g/mol. The van der Waals surface area contributed by atoms with Gasteiger partial charge in [-0.3, -0.25) is 9.59 Å². The fourth-order valence-electron chi connectivity index (χ4n) is 3.09. The Morgan fingerprint density at radius 2 is 1.92 bits per heavy atom. The molecular formula is C16H27N5O3S. The number of carbonyl (C=O) groups is 2. The Morgan fingerprint density at radius 3 is 2.40 bits per heavy atom. The van der Waals surface area contributed by atoms with E-state index < -0.39 is 0 Å². The molecule has 1 aliphatic carbocycles. The van der Waals surface area contributed by atoms with Gasteiger partial charge in [-0.05, 0) is 47.0 Å². The summed E-state index contributed by atoms with van der Waals surface area (Å²) in [6, 6.07) is 0.349. The van der Waals surface area contributed by atoms with E-state index in [2.05, 4.69) is 9.98 Å². The van der Waals surface area contributed by atoms with Crippen LogP contribution in [0.5, 0.6) is 0 Å². The van der Waals surface area contributed by atoms with Crippen molar-refractivity contribution in [2.75, 3.05) is 0 Å². The summed E-state index contributed by atoms with van der Waals surface area (Å²) >= 11 is 1.48. The molecular weight excluding hydrogens is 342 g/mol. The van der Waals surface area contributed by atoms with E-state index >= 15 is 0 Å². The maximum Gasteiger partial charge on any atom is 0.290 e. The molecule has 1 aromatic heterocycles. The first-order valence-electron chi connectivity index (χ1n) is 8.22. The van der Waals surface area contributed by atoms with Gasteiger partial charge in [-0.15, -0.1) is 0 Å². The second-order valence-corrected chi connectivity index (χ2v) is 7.39. The highest BCUT2D eigenvalue weighted by Gasteiger charge is 2.34. The Labute approximate surface area is 151 Å². The smallest absolute Gasteiger partial charge is 0.290 e. The van der Waals surface area contributed by atoms with Gasteiger partial charge in [0.05, 0.1) is 11.6 Å². The summed E-state index contributed by atoms with van der Waals surface area (Å²) in [5.74, 6) is -0.0137. The van der Waals surface area contributed by atoms with Crippen LogP contribution in [-0.2, 0) is 16.0 Å². The van der Waals surface area contributed by atoms with Crippen molar-refractivity contribution in [2.24, 2.45) is 16.5 Å². The lowest BCUT2D eigenvalue weighted by atomic mass is 9.89. The van der Waals surface area contributed by atoms with Gasteiger partial charge >= 0.3 is 0 Å². The number of guanidine groups is 1. The molecule has 1 aromatic rings. The summed E-state index contributed by atoms with van der Waals surface area (Å²) in [6.07, 6.45) is 2.78. The normalized spacial score (nSPS) is 15.8. The molecule has 0 radical (unpaired) electrons. The summed E-state index contributed by atoms with van der Waals surface area (Å²) < 4.78 is 0. The lowest BCUT2D eigenvalue weighted by molar-refractivity contribution is -0.136. The van der Waals surface area contributed by atoms with Crippen molar-refractivity contribution in [1.29, 1.82) is 0 Å². The summed E-state index contributed by atoms with van der Waals surface area (Å²) in [5.41, 5.74) is 11.7. The number of aliphatic imine (C=N–C) groups is 1. The van der Waals surface area contributed by atoms with Gasteiger partial charge in [0.15, 0.2) is 5.96 Å². The maximum absolute atomic E-state index is 13.0. The van der Waals surface area contributed by atoms with Gasteiger partial charge in [0.25, 0.3) is 6.47 Å². The fourth-order valence-corrected chi connectivity index (χ4v) is 4.14. The second-order valence-electron chi connectivity index (χ2n) is 6.32. The molecule has 25 heavy (non-hydrogen) atoms. The van der Waals surface area contributed by atoms with E-state index in [1.54, 1.807) is 0 Å². The minimum absolute atomic E-state index is 0.0000363. The zero-order valence-corrected chi connectivity index (χ0v) is 15.9. The quantitative estimate of drug-likeness (QED) is 0.421. The first-order chi connectivity index (χ1) is 11.7. The van der Waals surface area contributed by atoms with Gasteiger partial charge in [0.1, 0.15) is 0 Å². The summed E-state index contributed by atoms with van der Waals surface area (Å²) in [7, 11) is 0. The van der Waals surface area contributed by atoms with Gasteiger partial charge in [0.2, 0.25) is 11.0 Å². The van der Waals surface area contributed by atoms with E-state index in [4.69, 9.17) is 21.4 Å². The van der Waals surface area contributed by atoms with Crippen LogP contribution >= 0.6 is 11.3 Å². The molecule has 0 fully saturated rings. The first-order valence-corrected chi connectivity index (χ1v) is 9.03. The Kier molecular flexibility index (Phi) is 7.82. The summed E-state index contributed by atoms with van der Waals surface area (Å²) in [5, 5.41) is 7.44. The number of aryl methyl sites for hydroxylation is 1. The minimum atomic E-state index is -0.250. The van der Waals surface area contributed by atoms with Crippen LogP contribution in [0.2, 0.25) is 0 Å². The van der Waals surface area contributed by atoms with Crippen molar-refractivity contribution in [3.05, 3.63) is 10.6 Å². The highest BCUT2D eigenvalue weighted by molar-refractivity contribution is 7.15. The molecule has 0 aromatic carbocycles. The SMILES string of the molecule is CC(C)N(C(=O)[C@H]1CCCc2sc(N=C(N)N)nc21)C(C)C.O=CO. The molecule has 0 aliphatic heterocycles. The molecule has 140 valence electrons. The number of thiazole rings is 1. The average Bonchev–Trinajstić information content (AvgIpc) is 2.88. The molecule has 0 saturated heterocycles. The summed E-state index contributed by atoms with van der Waals surface area (Å²) in [6.45, 7) is 7.95. The molecule has 1 amide bonds. The van der Waals surface area contributed by atoms with Crippen LogP contribution in [0.15, 0.2) is 4.99 Å². The van der Waals surface area contributed by atoms with Crippen molar-refractivity contribution >= 4 is 34.8 Å². The Balaban J connectivity index is 0.000000970. The molecule has 0 unspecified atom stereocenters. The van der Waals surface area contributed by atoms with Gasteiger partial charge < -0.3 is 21.5 Å². The van der Waals surface area contributed by atoms with Crippen molar-refractivity contribution in [2.45, 2.75) is 65.0 Å². The fraction of sp³-hybridized carbons (Fsp3) is 0.625. The number of fused-ring (bicyclic) bond motifs is 1. The van der Waals surface area contributed by atoms with E-state index in [1.165, 1.54) is 11.3 Å². The molecule has 2 rings (SSSR count). The van der Waals surface area contributed by atoms with E-state index in [0.717, 1.165) is 29.8 Å². The number of nitrogens with two attached hydrogens (primary N) is 2. The molecule has 1 heterocycles. The maximum atomic E-state index is 13.0. The highest BCUT2D eigenvalue weighted by atomic mass is 32.1. The minimum Gasteiger partial charge on any atom is -0.483 e. The largest absolute Gasteiger partial charge is 0.483 e. The predicted molar refractivity (Wildman–Crippen MR) is 99.1 cm³/mol. The molecule has 1 aliphatic rings. The van der Waals surface area contributed by atoms with Crippen molar-refractivity contribution < 1.29 is 14.7 Å². The number of carboxylic acid groups (broad SMARTS) is 1. The number of rotatable bonds is 4. The second kappa shape index (κ2) is 9.36. The van der Waals surface area contributed by atoms with Gasteiger partial charge in [0, 0.05) is 17.0 Å². The predicted octanol–water partition coefficient (Wildman–Crippen LogP) is 1.81. The van der Waals surface area contributed by atoms with Crippen LogP contribution in [0.1, 0.15) is 57.0 Å². The third kappa shape index (κ3) is 5.42. The third-order valence-corrected chi connectivity index (χ3v) is 4.86. The average molecular weight is 369 g/mol. The molecule has 5 N–H and O–H groups in total. The summed E-state index contributed by atoms with van der Waals surface area (Å²) in [4.78, 5) is 33.0. The number of carbonyl (C=O) groups excluding carboxylic acids is 1. The van der Waals surface area contributed by atoms with Gasteiger partial charge in [-0.1, -0.05) is 11.3 Å². The third-order valence-electron chi connectivity index (χ3n) is 3.83. The number of hydrogen-bond donors (Lipinski definition) is 3. The van der Waals surface area contributed by atoms with Crippen LogP contribution in [0.3, 0.4) is 0 Å². The van der Waals surface area contributed by atoms with Crippen LogP contribution < -0.4 is 11.5 Å². The number of hydrogen-bond acceptors (Lipinski definition) is 5. The van der Waals surface area contributed by atoms with Crippen molar-refractivity contribution in [3.8, 4) is 0 Å². The van der Waals surface area contributed by atoms with Crippen LogP contribution in [0, 0.1) is 0 Å². The Bertz CT molecular complexity index is 615. The molecule has 8 nitrogen and oxygen atoms in total. The molecule has 9 heteroatoms. The highest BCUT2D eigenvalue weighted by Crippen LogP contribution is 2.39. The lowest BCUT2D eigenvalue weighted by Crippen LogP contribution is -2.45. The van der Waals surface area contributed by atoms with E-state index in [9.17, 15) is 4.79 Å². The van der Waals surface area contributed by atoms with Gasteiger partial charge in [-0.2, -0.15) is 4.99 Å². The molecule has 0 bridgehead atoms. The number of amides is 1.